The summed E-state index contributed by atoms with van der Waals surface area (Å²) in [5, 5.41) is 3.14. The van der Waals surface area contributed by atoms with Gasteiger partial charge in [-0.15, -0.1) is 0 Å². The van der Waals surface area contributed by atoms with Crippen LogP contribution in [0.4, 0.5) is 10.1 Å². The van der Waals surface area contributed by atoms with Crippen molar-refractivity contribution in [2.24, 2.45) is 0 Å². The number of anilines is 1. The summed E-state index contributed by atoms with van der Waals surface area (Å²) in [6, 6.07) is 4.99. The molecule has 4 heteroatoms. The van der Waals surface area contributed by atoms with Crippen molar-refractivity contribution in [2.75, 3.05) is 32.1 Å². The molecule has 0 aromatic heterocycles. The standard InChI is InChI=1S/C12H17FN2O/c1-12(7-14-8-12)16-9-4-5-11(15(2)3)10(13)6-9/h4-6,14H,7-8H2,1-3H3. The van der Waals surface area contributed by atoms with E-state index in [1.165, 1.54) is 6.07 Å². The summed E-state index contributed by atoms with van der Waals surface area (Å²) in [6.45, 7) is 3.63. The molecule has 1 aromatic carbocycles. The molecule has 2 rings (SSSR count). The predicted octanol–water partition coefficient (Wildman–Crippen LogP) is 1.63. The Kier molecular flexibility index (Phi) is 2.76. The summed E-state index contributed by atoms with van der Waals surface area (Å²) in [6.07, 6.45) is 0. The first-order chi connectivity index (χ1) is 7.50. The number of hydrogen-bond donors (Lipinski definition) is 1. The van der Waals surface area contributed by atoms with Crippen LogP contribution in [0.5, 0.6) is 5.75 Å². The first-order valence-electron chi connectivity index (χ1n) is 5.37. The molecular formula is C12H17FN2O. The van der Waals surface area contributed by atoms with Crippen LogP contribution in [-0.4, -0.2) is 32.8 Å². The normalized spacial score (nSPS) is 17.8. The van der Waals surface area contributed by atoms with Gasteiger partial charge in [-0.25, -0.2) is 4.39 Å². The molecule has 1 aromatic rings. The van der Waals surface area contributed by atoms with Gasteiger partial charge in [-0.1, -0.05) is 0 Å². The van der Waals surface area contributed by atoms with E-state index in [-0.39, 0.29) is 11.4 Å². The zero-order valence-electron chi connectivity index (χ0n) is 9.88. The van der Waals surface area contributed by atoms with Gasteiger partial charge in [0.05, 0.1) is 5.69 Å². The van der Waals surface area contributed by atoms with Crippen LogP contribution in [0.2, 0.25) is 0 Å². The van der Waals surface area contributed by atoms with Crippen molar-refractivity contribution >= 4 is 5.69 Å². The van der Waals surface area contributed by atoms with E-state index in [9.17, 15) is 4.39 Å². The van der Waals surface area contributed by atoms with Gasteiger partial charge in [-0.05, 0) is 19.1 Å². The molecule has 88 valence electrons. The van der Waals surface area contributed by atoms with Crippen LogP contribution in [0.3, 0.4) is 0 Å². The third kappa shape index (κ3) is 2.11. The van der Waals surface area contributed by atoms with Crippen molar-refractivity contribution in [2.45, 2.75) is 12.5 Å². The monoisotopic (exact) mass is 224 g/mol. The first-order valence-corrected chi connectivity index (χ1v) is 5.37. The second-order valence-electron chi connectivity index (χ2n) is 4.66. The third-order valence-corrected chi connectivity index (χ3v) is 2.76. The minimum atomic E-state index is -0.251. The Labute approximate surface area is 95.2 Å². The molecule has 1 aliphatic heterocycles. The summed E-state index contributed by atoms with van der Waals surface area (Å²) in [7, 11) is 3.63. The summed E-state index contributed by atoms with van der Waals surface area (Å²) < 4.78 is 19.4. The molecule has 0 aliphatic carbocycles. The van der Waals surface area contributed by atoms with E-state index in [0.717, 1.165) is 13.1 Å². The van der Waals surface area contributed by atoms with E-state index in [4.69, 9.17) is 4.74 Å². The fourth-order valence-electron chi connectivity index (χ4n) is 1.75. The highest BCUT2D eigenvalue weighted by atomic mass is 19.1. The molecule has 0 atom stereocenters. The molecule has 0 saturated carbocycles. The zero-order chi connectivity index (χ0) is 11.8. The maximum atomic E-state index is 13.7. The molecule has 0 unspecified atom stereocenters. The average molecular weight is 224 g/mol. The molecule has 1 aliphatic rings. The quantitative estimate of drug-likeness (QED) is 0.844. The summed E-state index contributed by atoms with van der Waals surface area (Å²) in [4.78, 5) is 1.74. The van der Waals surface area contributed by atoms with Gasteiger partial charge in [-0.3, -0.25) is 0 Å². The highest BCUT2D eigenvalue weighted by molar-refractivity contribution is 5.49. The zero-order valence-corrected chi connectivity index (χ0v) is 9.88. The van der Waals surface area contributed by atoms with E-state index in [1.54, 1.807) is 11.0 Å². The van der Waals surface area contributed by atoms with E-state index in [0.29, 0.717) is 11.4 Å². The molecule has 1 heterocycles. The molecule has 16 heavy (non-hydrogen) atoms. The fraction of sp³-hybridized carbons (Fsp3) is 0.500. The van der Waals surface area contributed by atoms with Crippen LogP contribution in [0.15, 0.2) is 18.2 Å². The second-order valence-corrected chi connectivity index (χ2v) is 4.66. The lowest BCUT2D eigenvalue weighted by atomic mass is 10.00. The molecule has 1 saturated heterocycles. The molecular weight excluding hydrogens is 207 g/mol. The van der Waals surface area contributed by atoms with Crippen LogP contribution < -0.4 is 15.0 Å². The fourth-order valence-corrected chi connectivity index (χ4v) is 1.75. The molecule has 0 spiro atoms. The maximum absolute atomic E-state index is 13.7. The lowest BCUT2D eigenvalue weighted by Gasteiger charge is -2.39. The Bertz CT molecular complexity index is 389. The number of benzene rings is 1. The van der Waals surface area contributed by atoms with Gasteiger partial charge in [0, 0.05) is 33.3 Å². The Morgan fingerprint density at radius 1 is 1.38 bits per heavy atom. The van der Waals surface area contributed by atoms with Crippen molar-refractivity contribution in [1.29, 1.82) is 0 Å². The Hall–Kier alpha value is -1.29. The molecule has 1 fully saturated rings. The number of halogens is 1. The van der Waals surface area contributed by atoms with E-state index in [1.807, 2.05) is 27.1 Å². The maximum Gasteiger partial charge on any atom is 0.150 e. The summed E-state index contributed by atoms with van der Waals surface area (Å²) >= 11 is 0. The van der Waals surface area contributed by atoms with Crippen molar-refractivity contribution in [3.05, 3.63) is 24.0 Å². The van der Waals surface area contributed by atoms with Gasteiger partial charge >= 0.3 is 0 Å². The van der Waals surface area contributed by atoms with Gasteiger partial charge < -0.3 is 15.0 Å². The first kappa shape index (κ1) is 11.2. The average Bonchev–Trinajstić information content (AvgIpc) is 2.14. The largest absolute Gasteiger partial charge is 0.485 e. The molecule has 0 amide bonds. The van der Waals surface area contributed by atoms with E-state index in [2.05, 4.69) is 5.32 Å². The lowest BCUT2D eigenvalue weighted by Crippen LogP contribution is -2.61. The summed E-state index contributed by atoms with van der Waals surface area (Å²) in [5.41, 5.74) is 0.385. The minimum absolute atomic E-state index is 0.188. The third-order valence-electron chi connectivity index (χ3n) is 2.76. The topological polar surface area (TPSA) is 24.5 Å². The predicted molar refractivity (Wildman–Crippen MR) is 62.6 cm³/mol. The van der Waals surface area contributed by atoms with Gasteiger partial charge in [0.15, 0.2) is 0 Å². The van der Waals surface area contributed by atoms with E-state index < -0.39 is 0 Å². The Morgan fingerprint density at radius 3 is 2.50 bits per heavy atom. The van der Waals surface area contributed by atoms with Crippen LogP contribution >= 0.6 is 0 Å². The highest BCUT2D eigenvalue weighted by Crippen LogP contribution is 2.26. The van der Waals surface area contributed by atoms with Gasteiger partial charge in [-0.2, -0.15) is 0 Å². The van der Waals surface area contributed by atoms with Crippen LogP contribution in [0.1, 0.15) is 6.92 Å². The highest BCUT2D eigenvalue weighted by Gasteiger charge is 2.33. The number of nitrogens with one attached hydrogen (secondary N) is 1. The van der Waals surface area contributed by atoms with Crippen molar-refractivity contribution in [1.82, 2.24) is 5.32 Å². The number of nitrogens with zero attached hydrogens (tertiary/aromatic N) is 1. The van der Waals surface area contributed by atoms with Crippen molar-refractivity contribution < 1.29 is 9.13 Å². The smallest absolute Gasteiger partial charge is 0.150 e. The van der Waals surface area contributed by atoms with Crippen molar-refractivity contribution in [3.8, 4) is 5.75 Å². The SMILES string of the molecule is CN(C)c1ccc(OC2(C)CNC2)cc1F. The molecule has 0 bridgehead atoms. The van der Waals surface area contributed by atoms with Crippen LogP contribution in [-0.2, 0) is 0 Å². The van der Waals surface area contributed by atoms with Crippen molar-refractivity contribution in [3.63, 3.8) is 0 Å². The number of hydrogen-bond acceptors (Lipinski definition) is 3. The lowest BCUT2D eigenvalue weighted by molar-refractivity contribution is 0.0346. The molecule has 0 radical (unpaired) electrons. The number of ether oxygens (including phenoxy) is 1. The van der Waals surface area contributed by atoms with E-state index >= 15 is 0 Å². The molecule has 3 nitrogen and oxygen atoms in total. The molecule has 1 N–H and O–H groups in total. The minimum Gasteiger partial charge on any atom is -0.485 e. The summed E-state index contributed by atoms with van der Waals surface area (Å²) in [5.74, 6) is 0.338. The Balaban J connectivity index is 2.14. The second kappa shape index (κ2) is 3.94. The van der Waals surface area contributed by atoms with Crippen LogP contribution in [0.25, 0.3) is 0 Å². The number of rotatable bonds is 3. The Morgan fingerprint density at radius 2 is 2.06 bits per heavy atom. The van der Waals surface area contributed by atoms with Crippen LogP contribution in [0, 0.1) is 5.82 Å². The van der Waals surface area contributed by atoms with Gasteiger partial charge in [0.1, 0.15) is 17.2 Å². The van der Waals surface area contributed by atoms with Gasteiger partial charge in [0.25, 0.3) is 0 Å². The van der Waals surface area contributed by atoms with Gasteiger partial charge in [0.2, 0.25) is 0 Å².